The van der Waals surface area contributed by atoms with Crippen LogP contribution in [0.25, 0.3) is 0 Å². The Balaban J connectivity index is 2.84. The van der Waals surface area contributed by atoms with E-state index in [1.54, 1.807) is 18.2 Å². The van der Waals surface area contributed by atoms with Crippen LogP contribution in [-0.4, -0.2) is 30.4 Å². The number of nitrogens with zero attached hydrogens (tertiary/aromatic N) is 1. The highest BCUT2D eigenvalue weighted by Crippen LogP contribution is 2.39. The summed E-state index contributed by atoms with van der Waals surface area (Å²) in [5, 5.41) is 21.5. The van der Waals surface area contributed by atoms with E-state index in [0.29, 0.717) is 11.8 Å². The van der Waals surface area contributed by atoms with Crippen molar-refractivity contribution >= 4 is 18.2 Å². The van der Waals surface area contributed by atoms with Gasteiger partial charge < -0.3 is 15.2 Å². The van der Waals surface area contributed by atoms with Crippen molar-refractivity contribution in [1.29, 1.82) is 5.26 Å². The molecule has 7 heteroatoms. The molecule has 1 aromatic carbocycles. The zero-order chi connectivity index (χ0) is 17.9. The van der Waals surface area contributed by atoms with E-state index in [2.05, 4.69) is 5.32 Å². The van der Waals surface area contributed by atoms with Gasteiger partial charge in [-0.1, -0.05) is 18.2 Å². The number of carbonyl (C=O) groups is 3. The van der Waals surface area contributed by atoms with Crippen LogP contribution in [0.2, 0.25) is 0 Å². The van der Waals surface area contributed by atoms with Gasteiger partial charge in [0, 0.05) is 5.70 Å². The van der Waals surface area contributed by atoms with Gasteiger partial charge in [0.05, 0.1) is 41.5 Å². The Hall–Kier alpha value is -3.40. The molecule has 0 radical (unpaired) electrons. The number of carboxylic acid groups (broad SMARTS) is 1. The van der Waals surface area contributed by atoms with Gasteiger partial charge in [0.15, 0.2) is 6.29 Å². The van der Waals surface area contributed by atoms with Crippen LogP contribution in [0, 0.1) is 11.3 Å². The number of aldehydes is 1. The first kappa shape index (κ1) is 17.0. The van der Waals surface area contributed by atoms with Gasteiger partial charge in [-0.05, 0) is 18.6 Å². The van der Waals surface area contributed by atoms with Gasteiger partial charge in [-0.3, -0.25) is 4.79 Å². The van der Waals surface area contributed by atoms with Crippen LogP contribution >= 0.6 is 0 Å². The summed E-state index contributed by atoms with van der Waals surface area (Å²) in [4.78, 5) is 35.4. The molecule has 24 heavy (non-hydrogen) atoms. The minimum Gasteiger partial charge on any atom is -0.478 e. The molecule has 1 atom stereocenters. The molecule has 1 heterocycles. The lowest BCUT2D eigenvalue weighted by atomic mass is 9.79. The number of dihydropyridines is 1. The minimum absolute atomic E-state index is 0.0814. The number of nitriles is 1. The smallest absolute Gasteiger partial charge is 0.336 e. The van der Waals surface area contributed by atoms with E-state index >= 15 is 0 Å². The number of carboxylic acids is 1. The molecule has 1 aromatic rings. The molecule has 2 rings (SSSR count). The van der Waals surface area contributed by atoms with Crippen molar-refractivity contribution in [2.45, 2.75) is 12.8 Å². The molecule has 0 aliphatic carbocycles. The number of esters is 1. The molecule has 1 unspecified atom stereocenters. The monoisotopic (exact) mass is 326 g/mol. The summed E-state index contributed by atoms with van der Waals surface area (Å²) in [5.41, 5.74) is 0.402. The number of rotatable bonds is 4. The van der Waals surface area contributed by atoms with E-state index in [4.69, 9.17) is 4.74 Å². The van der Waals surface area contributed by atoms with Crippen molar-refractivity contribution in [2.24, 2.45) is 0 Å². The second kappa shape index (κ2) is 6.79. The third-order valence-electron chi connectivity index (χ3n) is 3.74. The largest absolute Gasteiger partial charge is 0.478 e. The first-order chi connectivity index (χ1) is 11.5. The van der Waals surface area contributed by atoms with Crippen LogP contribution in [0.1, 0.15) is 24.0 Å². The van der Waals surface area contributed by atoms with Crippen LogP contribution in [0.15, 0.2) is 46.8 Å². The van der Waals surface area contributed by atoms with Gasteiger partial charge in [-0.25, -0.2) is 9.59 Å². The van der Waals surface area contributed by atoms with Crippen molar-refractivity contribution in [1.82, 2.24) is 5.32 Å². The highest BCUT2D eigenvalue weighted by atomic mass is 16.5. The van der Waals surface area contributed by atoms with E-state index in [1.807, 2.05) is 6.07 Å². The highest BCUT2D eigenvalue weighted by Gasteiger charge is 2.39. The van der Waals surface area contributed by atoms with Crippen molar-refractivity contribution < 1.29 is 24.2 Å². The third-order valence-corrected chi connectivity index (χ3v) is 3.74. The molecule has 1 aliphatic heterocycles. The number of ether oxygens (including phenoxy) is 1. The topological polar surface area (TPSA) is 116 Å². The molecule has 1 aliphatic rings. The molecule has 0 saturated carbocycles. The van der Waals surface area contributed by atoms with Gasteiger partial charge in [0.2, 0.25) is 0 Å². The number of hydrogen-bond acceptors (Lipinski definition) is 6. The van der Waals surface area contributed by atoms with Gasteiger partial charge in [-0.15, -0.1) is 0 Å². The second-order valence-electron chi connectivity index (χ2n) is 5.04. The van der Waals surface area contributed by atoms with Crippen molar-refractivity contribution in [3.8, 4) is 6.07 Å². The van der Waals surface area contributed by atoms with Gasteiger partial charge in [0.25, 0.3) is 0 Å². The van der Waals surface area contributed by atoms with Crippen LogP contribution in [-0.2, 0) is 19.1 Å². The molecule has 7 nitrogen and oxygen atoms in total. The Morgan fingerprint density at radius 2 is 2.00 bits per heavy atom. The molecular formula is C17H14N2O5. The van der Waals surface area contributed by atoms with Crippen molar-refractivity contribution in [3.05, 3.63) is 57.9 Å². The van der Waals surface area contributed by atoms with Gasteiger partial charge >= 0.3 is 11.9 Å². The van der Waals surface area contributed by atoms with Crippen LogP contribution in [0.4, 0.5) is 0 Å². The van der Waals surface area contributed by atoms with Crippen molar-refractivity contribution in [3.63, 3.8) is 0 Å². The quantitative estimate of drug-likeness (QED) is 0.631. The summed E-state index contributed by atoms with van der Waals surface area (Å²) in [7, 11) is 1.14. The Labute approximate surface area is 137 Å². The average Bonchev–Trinajstić information content (AvgIpc) is 2.59. The number of carbonyl (C=O) groups excluding carboxylic acids is 2. The molecule has 0 aromatic heterocycles. The van der Waals surface area contributed by atoms with Crippen LogP contribution in [0.3, 0.4) is 0 Å². The summed E-state index contributed by atoms with van der Waals surface area (Å²) in [5.74, 6) is -3.19. The maximum Gasteiger partial charge on any atom is 0.336 e. The minimum atomic E-state index is -1.26. The number of nitrogens with one attached hydrogen (secondary N) is 1. The lowest BCUT2D eigenvalue weighted by Gasteiger charge is -2.29. The van der Waals surface area contributed by atoms with E-state index < -0.39 is 17.9 Å². The zero-order valence-electron chi connectivity index (χ0n) is 13.0. The van der Waals surface area contributed by atoms with Crippen LogP contribution in [0.5, 0.6) is 0 Å². The Bertz CT molecular complexity index is 830. The molecular weight excluding hydrogens is 312 g/mol. The van der Waals surface area contributed by atoms with E-state index in [1.165, 1.54) is 13.0 Å². The fraction of sp³-hybridized carbons (Fsp3) is 0.176. The number of methoxy groups -OCH3 is 1. The number of hydrogen-bond donors (Lipinski definition) is 2. The first-order valence-corrected chi connectivity index (χ1v) is 6.94. The second-order valence-corrected chi connectivity index (χ2v) is 5.04. The lowest BCUT2D eigenvalue weighted by Crippen LogP contribution is -2.33. The molecule has 0 bridgehead atoms. The standard InChI is InChI=1S/C17H14N2O5/c1-9-13(16(21)22)14(11-6-4-3-5-10(11)7-18)15(17(23)24-2)12(8-20)19-9/h3-6,8,14,19H,1-2H3,(H,21,22). The Kier molecular flexibility index (Phi) is 4.80. The Morgan fingerprint density at radius 1 is 1.33 bits per heavy atom. The fourth-order valence-electron chi connectivity index (χ4n) is 2.73. The Morgan fingerprint density at radius 3 is 2.54 bits per heavy atom. The van der Waals surface area contributed by atoms with E-state index in [-0.39, 0.29) is 28.1 Å². The average molecular weight is 326 g/mol. The normalized spacial score (nSPS) is 17.0. The predicted molar refractivity (Wildman–Crippen MR) is 82.5 cm³/mol. The molecule has 2 N–H and O–H groups in total. The maximum atomic E-state index is 12.2. The molecule has 0 fully saturated rings. The SMILES string of the molecule is COC(=O)C1=C(C=O)NC(C)=C(C(=O)O)C1c1ccccc1C#N. The molecule has 122 valence electrons. The molecule has 0 saturated heterocycles. The molecule has 0 spiro atoms. The van der Waals surface area contributed by atoms with Gasteiger partial charge in [0.1, 0.15) is 0 Å². The van der Waals surface area contributed by atoms with Crippen molar-refractivity contribution in [2.75, 3.05) is 7.11 Å². The van der Waals surface area contributed by atoms with Gasteiger partial charge in [-0.2, -0.15) is 5.26 Å². The lowest BCUT2D eigenvalue weighted by molar-refractivity contribution is -0.136. The summed E-state index contributed by atoms with van der Waals surface area (Å²) in [6.45, 7) is 1.49. The summed E-state index contributed by atoms with van der Waals surface area (Å²) >= 11 is 0. The number of aliphatic carboxylic acids is 1. The zero-order valence-corrected chi connectivity index (χ0v) is 13.0. The third kappa shape index (κ3) is 2.77. The predicted octanol–water partition coefficient (Wildman–Crippen LogP) is 1.23. The first-order valence-electron chi connectivity index (χ1n) is 6.94. The highest BCUT2D eigenvalue weighted by molar-refractivity contribution is 6.03. The van der Waals surface area contributed by atoms with Crippen LogP contribution < -0.4 is 5.32 Å². The summed E-state index contributed by atoms with van der Waals surface area (Å²) in [6.07, 6.45) is 0.427. The van der Waals surface area contributed by atoms with E-state index in [9.17, 15) is 24.8 Å². The number of benzene rings is 1. The van der Waals surface area contributed by atoms with E-state index in [0.717, 1.165) is 7.11 Å². The summed E-state index contributed by atoms with van der Waals surface area (Å²) in [6, 6.07) is 8.30. The fourth-order valence-corrected chi connectivity index (χ4v) is 2.73. The summed E-state index contributed by atoms with van der Waals surface area (Å²) < 4.78 is 4.72. The maximum absolute atomic E-state index is 12.2. The number of allylic oxidation sites excluding steroid dienone is 2. The molecule has 0 amide bonds.